The van der Waals surface area contributed by atoms with Gasteiger partial charge in [-0.15, -0.1) is 0 Å². The number of morpholine rings is 1. The molecular weight excluding hydrogens is 230 g/mol. The first-order valence-electron chi connectivity index (χ1n) is 6.16. The fraction of sp³-hybridized carbons (Fsp3) is 0.385. The molecule has 2 fully saturated rings. The van der Waals surface area contributed by atoms with Gasteiger partial charge in [-0.25, -0.2) is 0 Å². The molecule has 2 bridgehead atoms. The van der Waals surface area contributed by atoms with E-state index in [2.05, 4.69) is 14.9 Å². The van der Waals surface area contributed by atoms with Crippen molar-refractivity contribution >= 4 is 16.5 Å². The Morgan fingerprint density at radius 3 is 3.11 bits per heavy atom. The molecule has 2 aromatic heterocycles. The summed E-state index contributed by atoms with van der Waals surface area (Å²) in [7, 11) is 0. The molecule has 0 amide bonds. The predicted molar refractivity (Wildman–Crippen MR) is 67.9 cm³/mol. The van der Waals surface area contributed by atoms with Crippen LogP contribution in [-0.2, 0) is 4.74 Å². The van der Waals surface area contributed by atoms with Crippen LogP contribution in [0.5, 0.6) is 0 Å². The van der Waals surface area contributed by atoms with Crippen molar-refractivity contribution in [1.82, 2.24) is 9.97 Å². The first-order chi connectivity index (χ1) is 8.83. The zero-order valence-electron chi connectivity index (χ0n) is 9.80. The van der Waals surface area contributed by atoms with E-state index in [9.17, 15) is 4.79 Å². The summed E-state index contributed by atoms with van der Waals surface area (Å²) in [6.45, 7) is 1.68. The summed E-state index contributed by atoms with van der Waals surface area (Å²) in [6.07, 6.45) is 6.59. The van der Waals surface area contributed by atoms with Crippen LogP contribution >= 0.6 is 0 Å². The van der Waals surface area contributed by atoms with Gasteiger partial charge < -0.3 is 14.6 Å². The predicted octanol–water partition coefficient (Wildman–Crippen LogP) is 0.901. The molecule has 1 N–H and O–H groups in total. The standard InChI is InChI=1S/C13H13N3O2/c17-13-11-4-14-5-12(10(11)1-2-15-13)16-6-9-3-8(16)7-18-9/h1-2,4-5,8-9H,3,6-7H2,(H,15,17)/t8-,9-/m1/s1. The maximum absolute atomic E-state index is 11.8. The van der Waals surface area contributed by atoms with Crippen molar-refractivity contribution in [2.45, 2.75) is 18.6 Å². The number of ether oxygens (including phenoxy) is 1. The number of hydrogen-bond acceptors (Lipinski definition) is 4. The van der Waals surface area contributed by atoms with Crippen molar-refractivity contribution in [3.8, 4) is 0 Å². The van der Waals surface area contributed by atoms with E-state index in [1.807, 2.05) is 12.3 Å². The summed E-state index contributed by atoms with van der Waals surface area (Å²) in [6, 6.07) is 2.38. The highest BCUT2D eigenvalue weighted by Crippen LogP contribution is 2.35. The van der Waals surface area contributed by atoms with Gasteiger partial charge in [0.05, 0.1) is 36.0 Å². The molecule has 92 valence electrons. The van der Waals surface area contributed by atoms with Crippen molar-refractivity contribution < 1.29 is 4.74 Å². The number of aromatic nitrogens is 2. The zero-order chi connectivity index (χ0) is 12.1. The van der Waals surface area contributed by atoms with E-state index in [0.717, 1.165) is 30.6 Å². The maximum atomic E-state index is 11.8. The van der Waals surface area contributed by atoms with Crippen LogP contribution in [0.3, 0.4) is 0 Å². The molecule has 0 aliphatic carbocycles. The number of anilines is 1. The average molecular weight is 243 g/mol. The van der Waals surface area contributed by atoms with E-state index in [0.29, 0.717) is 17.5 Å². The van der Waals surface area contributed by atoms with Gasteiger partial charge in [0.15, 0.2) is 0 Å². The topological polar surface area (TPSA) is 58.2 Å². The number of hydrogen-bond donors (Lipinski definition) is 1. The molecule has 0 radical (unpaired) electrons. The van der Waals surface area contributed by atoms with Crippen molar-refractivity contribution in [3.63, 3.8) is 0 Å². The van der Waals surface area contributed by atoms with Gasteiger partial charge in [-0.1, -0.05) is 0 Å². The fourth-order valence-electron chi connectivity index (χ4n) is 3.02. The van der Waals surface area contributed by atoms with Crippen LogP contribution < -0.4 is 10.5 Å². The van der Waals surface area contributed by atoms with Gasteiger partial charge >= 0.3 is 0 Å². The van der Waals surface area contributed by atoms with Gasteiger partial charge in [-0.05, 0) is 12.5 Å². The highest BCUT2D eigenvalue weighted by Gasteiger charge is 2.39. The first kappa shape index (κ1) is 10.1. The third-order valence-electron chi connectivity index (χ3n) is 3.89. The van der Waals surface area contributed by atoms with Crippen LogP contribution in [-0.4, -0.2) is 35.3 Å². The Morgan fingerprint density at radius 1 is 1.39 bits per heavy atom. The summed E-state index contributed by atoms with van der Waals surface area (Å²) in [4.78, 5) is 21.0. The molecule has 2 atom stereocenters. The third kappa shape index (κ3) is 1.31. The van der Waals surface area contributed by atoms with E-state index >= 15 is 0 Å². The second kappa shape index (κ2) is 3.55. The van der Waals surface area contributed by atoms with Gasteiger partial charge in [0.2, 0.25) is 0 Å². The molecule has 0 spiro atoms. The summed E-state index contributed by atoms with van der Waals surface area (Å²) in [5, 5.41) is 1.62. The number of nitrogens with one attached hydrogen (secondary N) is 1. The molecule has 0 saturated carbocycles. The lowest BCUT2D eigenvalue weighted by atomic mass is 10.1. The minimum atomic E-state index is -0.0811. The van der Waals surface area contributed by atoms with Crippen LogP contribution in [0.1, 0.15) is 6.42 Å². The number of rotatable bonds is 1. The Kier molecular flexibility index (Phi) is 1.99. The lowest BCUT2D eigenvalue weighted by molar-refractivity contribution is 0.0992. The minimum Gasteiger partial charge on any atom is -0.374 e. The monoisotopic (exact) mass is 243 g/mol. The molecule has 18 heavy (non-hydrogen) atoms. The fourth-order valence-corrected chi connectivity index (χ4v) is 3.02. The Balaban J connectivity index is 1.90. The van der Waals surface area contributed by atoms with E-state index in [1.54, 1.807) is 12.4 Å². The van der Waals surface area contributed by atoms with Crippen LogP contribution in [0.2, 0.25) is 0 Å². The largest absolute Gasteiger partial charge is 0.374 e. The van der Waals surface area contributed by atoms with Crippen LogP contribution in [0, 0.1) is 0 Å². The van der Waals surface area contributed by atoms with E-state index in [1.165, 1.54) is 0 Å². The molecule has 2 saturated heterocycles. The highest BCUT2D eigenvalue weighted by atomic mass is 16.5. The Labute approximate surface area is 103 Å². The van der Waals surface area contributed by atoms with Gasteiger partial charge in [0.1, 0.15) is 0 Å². The molecule has 5 nitrogen and oxygen atoms in total. The number of H-pyrrole nitrogens is 1. The van der Waals surface area contributed by atoms with Crippen molar-refractivity contribution in [2.75, 3.05) is 18.1 Å². The third-order valence-corrected chi connectivity index (χ3v) is 3.89. The van der Waals surface area contributed by atoms with Gasteiger partial charge in [0, 0.05) is 24.3 Å². The summed E-state index contributed by atoms with van der Waals surface area (Å²) < 4.78 is 5.61. The molecule has 2 aliphatic heterocycles. The molecule has 0 aromatic carbocycles. The summed E-state index contributed by atoms with van der Waals surface area (Å²) in [5.74, 6) is 0. The molecule has 2 aromatic rings. The molecule has 4 heterocycles. The minimum absolute atomic E-state index is 0.0811. The maximum Gasteiger partial charge on any atom is 0.257 e. The smallest absolute Gasteiger partial charge is 0.257 e. The van der Waals surface area contributed by atoms with Gasteiger partial charge in [0.25, 0.3) is 5.56 Å². The molecule has 4 rings (SSSR count). The number of nitrogens with zero attached hydrogens (tertiary/aromatic N) is 2. The molecule has 5 heteroatoms. The number of pyridine rings is 2. The molecular formula is C13H13N3O2. The van der Waals surface area contributed by atoms with E-state index in [-0.39, 0.29) is 5.56 Å². The number of aromatic amines is 1. The SMILES string of the molecule is O=c1[nH]ccc2c(N3C[C@H]4C[C@@H]3CO4)cncc12. The zero-order valence-corrected chi connectivity index (χ0v) is 9.80. The van der Waals surface area contributed by atoms with Crippen molar-refractivity contribution in [1.29, 1.82) is 0 Å². The molecule has 0 unspecified atom stereocenters. The van der Waals surface area contributed by atoms with Crippen LogP contribution in [0.4, 0.5) is 5.69 Å². The average Bonchev–Trinajstić information content (AvgIpc) is 3.01. The Bertz CT molecular complexity index is 667. The quantitative estimate of drug-likeness (QED) is 0.808. The lowest BCUT2D eigenvalue weighted by Crippen LogP contribution is -2.37. The molecule has 2 aliphatic rings. The Morgan fingerprint density at radius 2 is 2.33 bits per heavy atom. The van der Waals surface area contributed by atoms with Gasteiger partial charge in [-0.2, -0.15) is 0 Å². The Hall–Kier alpha value is -1.88. The van der Waals surface area contributed by atoms with Crippen molar-refractivity contribution in [3.05, 3.63) is 35.0 Å². The normalized spacial score (nSPS) is 26.1. The van der Waals surface area contributed by atoms with E-state index in [4.69, 9.17) is 4.74 Å². The second-order valence-corrected chi connectivity index (χ2v) is 4.92. The summed E-state index contributed by atoms with van der Waals surface area (Å²) >= 11 is 0. The van der Waals surface area contributed by atoms with Crippen LogP contribution in [0.15, 0.2) is 29.5 Å². The van der Waals surface area contributed by atoms with E-state index < -0.39 is 0 Å². The van der Waals surface area contributed by atoms with Crippen molar-refractivity contribution in [2.24, 2.45) is 0 Å². The van der Waals surface area contributed by atoms with Gasteiger partial charge in [-0.3, -0.25) is 9.78 Å². The first-order valence-corrected chi connectivity index (χ1v) is 6.16. The van der Waals surface area contributed by atoms with Crippen LogP contribution in [0.25, 0.3) is 10.8 Å². The lowest BCUT2D eigenvalue weighted by Gasteiger charge is -2.29. The summed E-state index contributed by atoms with van der Waals surface area (Å²) in [5.41, 5.74) is 0.969. The second-order valence-electron chi connectivity index (χ2n) is 4.92. The number of fused-ring (bicyclic) bond motifs is 3. The highest BCUT2D eigenvalue weighted by molar-refractivity contribution is 5.92.